The molecule has 0 unspecified atom stereocenters. The maximum atomic E-state index is 11.8. The van der Waals surface area contributed by atoms with Crippen LogP contribution in [0.3, 0.4) is 0 Å². The summed E-state index contributed by atoms with van der Waals surface area (Å²) in [5, 5.41) is 2.20. The topological polar surface area (TPSA) is 55.6 Å². The molecule has 0 fully saturated rings. The number of carbonyl (C=O) groups is 1. The molecule has 1 amide bonds. The molecule has 2 rings (SSSR count). The Labute approximate surface area is 106 Å². The number of hydrogen-bond acceptors (Lipinski definition) is 3. The Hall–Kier alpha value is -2.25. The van der Waals surface area contributed by atoms with Gasteiger partial charge in [0.2, 0.25) is 0 Å². The van der Waals surface area contributed by atoms with Gasteiger partial charge in [0, 0.05) is 12.4 Å². The first-order valence-electron chi connectivity index (χ1n) is 5.34. The summed E-state index contributed by atoms with van der Waals surface area (Å²) in [6.45, 7) is -1.61. The lowest BCUT2D eigenvalue weighted by atomic mass is 10.5. The van der Waals surface area contributed by atoms with E-state index >= 15 is 0 Å². The van der Waals surface area contributed by atoms with Crippen molar-refractivity contribution >= 4 is 11.7 Å². The third kappa shape index (κ3) is 3.87. The van der Waals surface area contributed by atoms with Crippen molar-refractivity contribution in [3.63, 3.8) is 0 Å². The van der Waals surface area contributed by atoms with Gasteiger partial charge in [0.05, 0.1) is 12.2 Å². The maximum Gasteiger partial charge on any atom is 0.422 e. The Balaban J connectivity index is 1.86. The minimum Gasteiger partial charge on any atom is -0.440 e. The van der Waals surface area contributed by atoms with Gasteiger partial charge in [-0.2, -0.15) is 13.2 Å². The molecule has 2 aromatic rings. The standard InChI is InChI=1S/C11H10F3N3O2/c12-11(13,14)7-19-10(18)15-5-8-6-17-4-2-1-3-9(17)16-8/h1-4,6H,5,7H2,(H,15,18). The molecular formula is C11H10F3N3O2. The lowest BCUT2D eigenvalue weighted by Crippen LogP contribution is -2.28. The Morgan fingerprint density at radius 3 is 2.89 bits per heavy atom. The molecule has 102 valence electrons. The summed E-state index contributed by atoms with van der Waals surface area (Å²) in [5.41, 5.74) is 1.21. The average molecular weight is 273 g/mol. The molecule has 0 saturated carbocycles. The molecule has 19 heavy (non-hydrogen) atoms. The van der Waals surface area contributed by atoms with Crippen LogP contribution in [0.4, 0.5) is 18.0 Å². The summed E-state index contributed by atoms with van der Waals surface area (Å²) in [7, 11) is 0. The minimum atomic E-state index is -4.53. The highest BCUT2D eigenvalue weighted by Crippen LogP contribution is 2.14. The fourth-order valence-electron chi connectivity index (χ4n) is 1.43. The zero-order valence-corrected chi connectivity index (χ0v) is 9.65. The lowest BCUT2D eigenvalue weighted by Gasteiger charge is -2.07. The second kappa shape index (κ2) is 5.17. The van der Waals surface area contributed by atoms with E-state index in [1.807, 2.05) is 6.07 Å². The van der Waals surface area contributed by atoms with E-state index < -0.39 is 18.9 Å². The molecular weight excluding hydrogens is 263 g/mol. The summed E-state index contributed by atoms with van der Waals surface area (Å²) >= 11 is 0. The quantitative estimate of drug-likeness (QED) is 0.932. The number of nitrogens with one attached hydrogen (secondary N) is 1. The number of pyridine rings is 1. The Morgan fingerprint density at radius 1 is 1.42 bits per heavy atom. The first-order valence-corrected chi connectivity index (χ1v) is 5.34. The number of imidazole rings is 1. The van der Waals surface area contributed by atoms with Gasteiger partial charge in [-0.15, -0.1) is 0 Å². The lowest BCUT2D eigenvalue weighted by molar-refractivity contribution is -0.160. The van der Waals surface area contributed by atoms with Crippen LogP contribution >= 0.6 is 0 Å². The molecule has 5 nitrogen and oxygen atoms in total. The number of nitrogens with zero attached hydrogens (tertiary/aromatic N) is 2. The molecule has 0 bridgehead atoms. The summed E-state index contributed by atoms with van der Waals surface area (Å²) in [6, 6.07) is 5.38. The molecule has 0 aliphatic carbocycles. The van der Waals surface area contributed by atoms with Gasteiger partial charge in [-0.3, -0.25) is 0 Å². The minimum absolute atomic E-state index is 0.00162. The predicted octanol–water partition coefficient (Wildman–Crippen LogP) is 2.12. The smallest absolute Gasteiger partial charge is 0.422 e. The molecule has 0 atom stereocenters. The number of rotatable bonds is 3. The van der Waals surface area contributed by atoms with Gasteiger partial charge in [-0.25, -0.2) is 9.78 Å². The molecule has 0 aliphatic rings. The number of fused-ring (bicyclic) bond motifs is 1. The summed E-state index contributed by atoms with van der Waals surface area (Å²) < 4.78 is 41.1. The number of aromatic nitrogens is 2. The van der Waals surface area contributed by atoms with E-state index in [0.29, 0.717) is 11.3 Å². The zero-order valence-electron chi connectivity index (χ0n) is 9.65. The van der Waals surface area contributed by atoms with Gasteiger partial charge in [0.15, 0.2) is 6.61 Å². The van der Waals surface area contributed by atoms with Crippen molar-refractivity contribution in [2.75, 3.05) is 6.61 Å². The van der Waals surface area contributed by atoms with Crippen LogP contribution < -0.4 is 5.32 Å². The van der Waals surface area contributed by atoms with Gasteiger partial charge in [-0.1, -0.05) is 6.07 Å². The number of alkyl halides is 3. The van der Waals surface area contributed by atoms with E-state index in [0.717, 1.165) is 0 Å². The van der Waals surface area contributed by atoms with E-state index in [1.165, 1.54) is 0 Å². The average Bonchev–Trinajstić information content (AvgIpc) is 2.75. The third-order valence-electron chi connectivity index (χ3n) is 2.19. The monoisotopic (exact) mass is 273 g/mol. The van der Waals surface area contributed by atoms with Gasteiger partial charge in [0.1, 0.15) is 5.65 Å². The van der Waals surface area contributed by atoms with Crippen LogP contribution in [0.25, 0.3) is 5.65 Å². The first-order chi connectivity index (χ1) is 8.94. The number of amides is 1. The second-order valence-electron chi connectivity index (χ2n) is 3.74. The van der Waals surface area contributed by atoms with Crippen molar-refractivity contribution < 1.29 is 22.7 Å². The van der Waals surface area contributed by atoms with Crippen molar-refractivity contribution in [1.82, 2.24) is 14.7 Å². The van der Waals surface area contributed by atoms with E-state index in [2.05, 4.69) is 15.0 Å². The number of hydrogen-bond donors (Lipinski definition) is 1. The van der Waals surface area contributed by atoms with Crippen LogP contribution in [0.1, 0.15) is 5.69 Å². The normalized spacial score (nSPS) is 11.5. The fraction of sp³-hybridized carbons (Fsp3) is 0.273. The van der Waals surface area contributed by atoms with Gasteiger partial charge in [0.25, 0.3) is 0 Å². The number of alkyl carbamates (subject to hydrolysis) is 1. The Kier molecular flexibility index (Phi) is 3.59. The molecule has 8 heteroatoms. The van der Waals surface area contributed by atoms with Crippen molar-refractivity contribution in [2.45, 2.75) is 12.7 Å². The van der Waals surface area contributed by atoms with E-state index in [9.17, 15) is 18.0 Å². The van der Waals surface area contributed by atoms with Crippen LogP contribution in [0.2, 0.25) is 0 Å². The van der Waals surface area contributed by atoms with E-state index in [4.69, 9.17) is 0 Å². The SMILES string of the molecule is O=C(NCc1cn2ccccc2n1)OCC(F)(F)F. The van der Waals surface area contributed by atoms with E-state index in [1.54, 1.807) is 28.9 Å². The second-order valence-corrected chi connectivity index (χ2v) is 3.74. The summed E-state index contributed by atoms with van der Waals surface area (Å²) in [6.07, 6.45) is -2.22. The van der Waals surface area contributed by atoms with Crippen LogP contribution in [0.15, 0.2) is 30.6 Å². The van der Waals surface area contributed by atoms with Crippen LogP contribution in [0, 0.1) is 0 Å². The Bertz CT molecular complexity index is 547. The summed E-state index contributed by atoms with van der Waals surface area (Å²) in [5.74, 6) is 0. The van der Waals surface area contributed by atoms with E-state index in [-0.39, 0.29) is 6.54 Å². The highest BCUT2D eigenvalue weighted by atomic mass is 19.4. The molecule has 0 aliphatic heterocycles. The Morgan fingerprint density at radius 2 is 2.21 bits per heavy atom. The van der Waals surface area contributed by atoms with Crippen molar-refractivity contribution in [3.8, 4) is 0 Å². The van der Waals surface area contributed by atoms with Crippen molar-refractivity contribution in [1.29, 1.82) is 0 Å². The summed E-state index contributed by atoms with van der Waals surface area (Å²) in [4.78, 5) is 15.2. The highest BCUT2D eigenvalue weighted by Gasteiger charge is 2.29. The first kappa shape index (κ1) is 13.2. The van der Waals surface area contributed by atoms with Crippen molar-refractivity contribution in [2.24, 2.45) is 0 Å². The van der Waals surface area contributed by atoms with Gasteiger partial charge in [-0.05, 0) is 12.1 Å². The maximum absolute atomic E-state index is 11.8. The number of ether oxygens (including phenoxy) is 1. The largest absolute Gasteiger partial charge is 0.440 e. The van der Waals surface area contributed by atoms with Gasteiger partial charge >= 0.3 is 12.3 Å². The molecule has 0 aromatic carbocycles. The number of carbonyl (C=O) groups excluding carboxylic acids is 1. The van der Waals surface area contributed by atoms with Crippen LogP contribution in [-0.4, -0.2) is 28.3 Å². The van der Waals surface area contributed by atoms with Gasteiger partial charge < -0.3 is 14.5 Å². The van der Waals surface area contributed by atoms with Crippen LogP contribution in [0.5, 0.6) is 0 Å². The zero-order chi connectivity index (χ0) is 13.9. The third-order valence-corrected chi connectivity index (χ3v) is 2.19. The fourth-order valence-corrected chi connectivity index (χ4v) is 1.43. The molecule has 0 saturated heterocycles. The molecule has 2 heterocycles. The number of halogens is 3. The molecule has 1 N–H and O–H groups in total. The molecule has 0 spiro atoms. The predicted molar refractivity (Wildman–Crippen MR) is 59.4 cm³/mol. The molecule has 2 aromatic heterocycles. The highest BCUT2D eigenvalue weighted by molar-refractivity contribution is 5.67. The molecule has 0 radical (unpaired) electrons. The van der Waals surface area contributed by atoms with Crippen LogP contribution in [-0.2, 0) is 11.3 Å². The van der Waals surface area contributed by atoms with Crippen molar-refractivity contribution in [3.05, 3.63) is 36.3 Å².